The van der Waals surface area contributed by atoms with Crippen LogP contribution in [-0.4, -0.2) is 33.3 Å². The number of nitrogens with one attached hydrogen (secondary N) is 1. The lowest BCUT2D eigenvalue weighted by molar-refractivity contribution is -0.109. The van der Waals surface area contributed by atoms with Crippen LogP contribution in [0.15, 0.2) is 0 Å². The van der Waals surface area contributed by atoms with Gasteiger partial charge in [-0.1, -0.05) is 20.8 Å². The predicted octanol–water partition coefficient (Wildman–Crippen LogP) is 1.94. The van der Waals surface area contributed by atoms with Crippen molar-refractivity contribution in [3.8, 4) is 0 Å². The smallest absolute Gasteiger partial charge is 0.192 e. The molecule has 15 heavy (non-hydrogen) atoms. The van der Waals surface area contributed by atoms with Crippen molar-refractivity contribution in [2.45, 2.75) is 57.5 Å². The molecule has 4 heteroatoms. The Labute approximate surface area is 93.7 Å². The third-order valence-corrected chi connectivity index (χ3v) is 8.09. The van der Waals surface area contributed by atoms with Gasteiger partial charge in [0, 0.05) is 6.54 Å². The first-order valence-electron chi connectivity index (χ1n) is 5.63. The molecule has 0 aromatic carbocycles. The molecule has 0 amide bonds. The summed E-state index contributed by atoms with van der Waals surface area (Å²) in [6.07, 6.45) is 2.03. The lowest BCUT2D eigenvalue weighted by Crippen LogP contribution is -2.44. The summed E-state index contributed by atoms with van der Waals surface area (Å²) in [6, 6.07) is -0.000214. The maximum atomic E-state index is 10.6. The van der Waals surface area contributed by atoms with E-state index in [1.807, 2.05) is 0 Å². The van der Waals surface area contributed by atoms with Crippen molar-refractivity contribution < 1.29 is 9.22 Å². The molecule has 0 aromatic rings. The summed E-state index contributed by atoms with van der Waals surface area (Å²) in [5.41, 5.74) is 0. The Morgan fingerprint density at radius 2 is 2.00 bits per heavy atom. The topological polar surface area (TPSA) is 38.3 Å². The Morgan fingerprint density at radius 3 is 2.40 bits per heavy atom. The highest BCUT2D eigenvalue weighted by Crippen LogP contribution is 2.37. The molecular weight excluding hydrogens is 206 g/mol. The van der Waals surface area contributed by atoms with E-state index in [0.29, 0.717) is 0 Å². The quantitative estimate of drug-likeness (QED) is 0.594. The molecule has 0 aliphatic carbocycles. The number of carbonyl (C=O) groups excluding carboxylic acids is 1. The van der Waals surface area contributed by atoms with E-state index in [1.165, 1.54) is 0 Å². The molecule has 1 saturated heterocycles. The molecule has 1 heterocycles. The van der Waals surface area contributed by atoms with Crippen LogP contribution < -0.4 is 5.32 Å². The minimum atomic E-state index is -1.67. The minimum absolute atomic E-state index is 0.000214. The minimum Gasteiger partial charge on any atom is -0.413 e. The lowest BCUT2D eigenvalue weighted by Gasteiger charge is -2.38. The summed E-state index contributed by atoms with van der Waals surface area (Å²) >= 11 is 0. The molecule has 0 radical (unpaired) electrons. The molecule has 1 rings (SSSR count). The number of carbonyl (C=O) groups is 1. The number of hydrogen-bond donors (Lipinski definition) is 1. The molecule has 0 saturated carbocycles. The van der Waals surface area contributed by atoms with Crippen LogP contribution in [0.2, 0.25) is 18.1 Å². The molecule has 1 aliphatic heterocycles. The van der Waals surface area contributed by atoms with Crippen LogP contribution in [-0.2, 0) is 9.22 Å². The van der Waals surface area contributed by atoms with Crippen molar-refractivity contribution in [3.63, 3.8) is 0 Å². The fourth-order valence-electron chi connectivity index (χ4n) is 1.52. The van der Waals surface area contributed by atoms with E-state index in [4.69, 9.17) is 4.43 Å². The van der Waals surface area contributed by atoms with Gasteiger partial charge >= 0.3 is 0 Å². The molecule has 88 valence electrons. The van der Waals surface area contributed by atoms with Crippen molar-refractivity contribution in [2.75, 3.05) is 6.54 Å². The summed E-state index contributed by atoms with van der Waals surface area (Å²) in [5.74, 6) is 0. The zero-order valence-electron chi connectivity index (χ0n) is 10.5. The van der Waals surface area contributed by atoms with Gasteiger partial charge in [0.15, 0.2) is 8.32 Å². The van der Waals surface area contributed by atoms with Crippen LogP contribution in [0.5, 0.6) is 0 Å². The third-order valence-electron chi connectivity index (χ3n) is 3.56. The Balaban J connectivity index is 2.52. The van der Waals surface area contributed by atoms with Crippen LogP contribution in [0.3, 0.4) is 0 Å². The zero-order chi connectivity index (χ0) is 11.7. The number of rotatable bonds is 3. The van der Waals surface area contributed by atoms with Crippen molar-refractivity contribution >= 4 is 14.6 Å². The van der Waals surface area contributed by atoms with Gasteiger partial charge in [0.25, 0.3) is 0 Å². The first-order chi connectivity index (χ1) is 6.76. The molecule has 2 atom stereocenters. The van der Waals surface area contributed by atoms with Crippen molar-refractivity contribution in [1.29, 1.82) is 0 Å². The molecule has 1 aliphatic rings. The summed E-state index contributed by atoms with van der Waals surface area (Å²) in [4.78, 5) is 10.6. The maximum absolute atomic E-state index is 10.6. The highest BCUT2D eigenvalue weighted by atomic mass is 28.4. The van der Waals surface area contributed by atoms with Crippen LogP contribution >= 0.6 is 0 Å². The Bertz CT molecular complexity index is 235. The van der Waals surface area contributed by atoms with Gasteiger partial charge in [-0.15, -0.1) is 0 Å². The fraction of sp³-hybridized carbons (Fsp3) is 0.909. The zero-order valence-corrected chi connectivity index (χ0v) is 11.5. The van der Waals surface area contributed by atoms with Crippen molar-refractivity contribution in [3.05, 3.63) is 0 Å². The number of hydrogen-bond acceptors (Lipinski definition) is 3. The first-order valence-corrected chi connectivity index (χ1v) is 8.53. The second kappa shape index (κ2) is 4.35. The maximum Gasteiger partial charge on any atom is 0.192 e. The van der Waals surface area contributed by atoms with Gasteiger partial charge in [-0.3, -0.25) is 0 Å². The van der Waals surface area contributed by atoms with Crippen LogP contribution in [0.25, 0.3) is 0 Å². The van der Waals surface area contributed by atoms with Gasteiger partial charge in [0.1, 0.15) is 6.29 Å². The van der Waals surface area contributed by atoms with E-state index in [2.05, 4.69) is 39.2 Å². The highest BCUT2D eigenvalue weighted by molar-refractivity contribution is 6.74. The Morgan fingerprint density at radius 1 is 1.40 bits per heavy atom. The highest BCUT2D eigenvalue weighted by Gasteiger charge is 2.40. The molecule has 1 fully saturated rings. The predicted molar refractivity (Wildman–Crippen MR) is 64.5 cm³/mol. The summed E-state index contributed by atoms with van der Waals surface area (Å²) < 4.78 is 6.21. The van der Waals surface area contributed by atoms with Gasteiger partial charge < -0.3 is 14.5 Å². The van der Waals surface area contributed by atoms with Gasteiger partial charge in [-0.25, -0.2) is 0 Å². The summed E-state index contributed by atoms with van der Waals surface area (Å²) in [5, 5.41) is 3.40. The van der Waals surface area contributed by atoms with E-state index in [0.717, 1.165) is 19.3 Å². The van der Waals surface area contributed by atoms with Crippen LogP contribution in [0.4, 0.5) is 0 Å². The summed E-state index contributed by atoms with van der Waals surface area (Å²) in [6.45, 7) is 12.0. The number of aldehydes is 1. The summed E-state index contributed by atoms with van der Waals surface area (Å²) in [7, 11) is -1.67. The van der Waals surface area contributed by atoms with Crippen molar-refractivity contribution in [1.82, 2.24) is 5.32 Å². The molecule has 1 N–H and O–H groups in total. The molecule has 0 aromatic heterocycles. The van der Waals surface area contributed by atoms with E-state index >= 15 is 0 Å². The van der Waals surface area contributed by atoms with E-state index < -0.39 is 8.32 Å². The van der Waals surface area contributed by atoms with E-state index in [1.54, 1.807) is 0 Å². The van der Waals surface area contributed by atoms with Gasteiger partial charge in [0.2, 0.25) is 0 Å². The third kappa shape index (κ3) is 3.13. The lowest BCUT2D eigenvalue weighted by atomic mass is 10.2. The average Bonchev–Trinajstić information content (AvgIpc) is 2.49. The van der Waals surface area contributed by atoms with Gasteiger partial charge in [0.05, 0.1) is 12.1 Å². The van der Waals surface area contributed by atoms with E-state index in [-0.39, 0.29) is 17.2 Å². The monoisotopic (exact) mass is 229 g/mol. The molecule has 0 unspecified atom stereocenters. The van der Waals surface area contributed by atoms with E-state index in [9.17, 15) is 4.79 Å². The van der Waals surface area contributed by atoms with Gasteiger partial charge in [-0.05, 0) is 24.6 Å². The molecule has 3 nitrogen and oxygen atoms in total. The Kier molecular flexibility index (Phi) is 3.74. The second-order valence-electron chi connectivity index (χ2n) is 5.89. The Hall–Kier alpha value is -0.193. The first kappa shape index (κ1) is 12.9. The normalized spacial score (nSPS) is 28.1. The fourth-order valence-corrected chi connectivity index (χ4v) is 2.89. The van der Waals surface area contributed by atoms with Crippen molar-refractivity contribution in [2.24, 2.45) is 0 Å². The second-order valence-corrected chi connectivity index (χ2v) is 10.6. The molecular formula is C11H23NO2Si. The molecule has 0 bridgehead atoms. The van der Waals surface area contributed by atoms with Crippen LogP contribution in [0, 0.1) is 0 Å². The molecule has 0 spiro atoms. The average molecular weight is 229 g/mol. The standard InChI is InChI=1S/C11H23NO2Si/c1-11(2,3)15(4,5)14-10-6-9(8-13)12-7-10/h8-10,12H,6-7H2,1-5H3/t9-,10-/m0/s1. The van der Waals surface area contributed by atoms with Gasteiger partial charge in [-0.2, -0.15) is 0 Å². The van der Waals surface area contributed by atoms with Crippen LogP contribution in [0.1, 0.15) is 27.2 Å². The largest absolute Gasteiger partial charge is 0.413 e. The SMILES string of the molecule is CC(C)(C)[Si](C)(C)O[C@@H]1CN[C@H](C=O)C1.